The zero-order chi connectivity index (χ0) is 17.1. The fourth-order valence-corrected chi connectivity index (χ4v) is 2.85. The molecule has 0 unspecified atom stereocenters. The van der Waals surface area contributed by atoms with Crippen LogP contribution in [0.4, 0.5) is 18.9 Å². The number of nitrogens with zero attached hydrogens (tertiary/aromatic N) is 1. The highest BCUT2D eigenvalue weighted by molar-refractivity contribution is 7.91. The maximum atomic E-state index is 12.8. The number of hydrogen-bond donors (Lipinski definition) is 2. The van der Waals surface area contributed by atoms with Crippen LogP contribution < -0.4 is 10.6 Å². The second kappa shape index (κ2) is 6.39. The Bertz CT molecular complexity index is 697. The predicted molar refractivity (Wildman–Crippen MR) is 78.6 cm³/mol. The predicted octanol–water partition coefficient (Wildman–Crippen LogP) is 2.38. The Labute approximate surface area is 126 Å². The lowest BCUT2D eigenvalue weighted by Gasteiger charge is -2.22. The van der Waals surface area contributed by atoms with Crippen molar-refractivity contribution in [3.05, 3.63) is 36.0 Å². The van der Waals surface area contributed by atoms with Crippen LogP contribution in [-0.4, -0.2) is 27.1 Å². The number of likely N-dealkylation sites (N-methyl/N-ethyl adjacent to an activating group) is 1. The van der Waals surface area contributed by atoms with E-state index < -0.39 is 26.5 Å². The molecule has 0 radical (unpaired) electrons. The number of halogens is 3. The summed E-state index contributed by atoms with van der Waals surface area (Å²) in [5, 5.41) is 7.71. The molecule has 22 heavy (non-hydrogen) atoms. The van der Waals surface area contributed by atoms with Crippen LogP contribution in [0.3, 0.4) is 0 Å². The van der Waals surface area contributed by atoms with Crippen LogP contribution in [0.1, 0.15) is 12.5 Å². The van der Waals surface area contributed by atoms with Gasteiger partial charge in [0.2, 0.25) is 0 Å². The summed E-state index contributed by atoms with van der Waals surface area (Å²) in [4.78, 5) is 0.675. The van der Waals surface area contributed by atoms with Crippen molar-refractivity contribution in [1.29, 1.82) is 5.41 Å². The molecule has 0 aliphatic carbocycles. The van der Waals surface area contributed by atoms with Gasteiger partial charge in [0.05, 0.1) is 21.9 Å². The second-order valence-corrected chi connectivity index (χ2v) is 6.63. The van der Waals surface area contributed by atoms with Gasteiger partial charge < -0.3 is 10.6 Å². The minimum Gasteiger partial charge on any atom is -0.404 e. The third kappa shape index (κ3) is 3.79. The van der Waals surface area contributed by atoms with Crippen molar-refractivity contribution in [2.45, 2.75) is 18.0 Å². The highest BCUT2D eigenvalue weighted by Gasteiger charge is 2.33. The van der Waals surface area contributed by atoms with E-state index in [1.54, 1.807) is 0 Å². The fraction of sp³-hybridized carbons (Fsp3) is 0.308. The molecule has 0 aromatic heterocycles. The number of nitrogens with two attached hydrogens (primary N) is 1. The van der Waals surface area contributed by atoms with Gasteiger partial charge in [0, 0.05) is 7.05 Å². The van der Waals surface area contributed by atoms with Gasteiger partial charge in [0.25, 0.3) is 0 Å². The van der Waals surface area contributed by atoms with Gasteiger partial charge in [-0.15, -0.1) is 0 Å². The molecule has 5 nitrogen and oxygen atoms in total. The molecule has 0 aliphatic rings. The first-order valence-corrected chi connectivity index (χ1v) is 7.84. The largest absolute Gasteiger partial charge is 0.416 e. The van der Waals surface area contributed by atoms with Gasteiger partial charge in [-0.25, -0.2) is 8.42 Å². The van der Waals surface area contributed by atoms with Crippen molar-refractivity contribution in [3.63, 3.8) is 0 Å². The summed E-state index contributed by atoms with van der Waals surface area (Å²) < 4.78 is 62.5. The maximum absolute atomic E-state index is 12.8. The van der Waals surface area contributed by atoms with Crippen LogP contribution in [0.2, 0.25) is 0 Å². The molecule has 0 spiro atoms. The van der Waals surface area contributed by atoms with Crippen molar-refractivity contribution in [2.24, 2.45) is 5.73 Å². The van der Waals surface area contributed by atoms with Crippen molar-refractivity contribution >= 4 is 21.4 Å². The molecule has 1 aromatic rings. The van der Waals surface area contributed by atoms with Gasteiger partial charge in [0.1, 0.15) is 5.84 Å². The molecule has 0 saturated heterocycles. The summed E-state index contributed by atoms with van der Waals surface area (Å²) in [6.07, 6.45) is -2.38. The van der Waals surface area contributed by atoms with Gasteiger partial charge in [0.15, 0.2) is 9.84 Å². The molecule has 0 heterocycles. The summed E-state index contributed by atoms with van der Waals surface area (Å²) in [6, 6.07) is 2.40. The van der Waals surface area contributed by atoms with Crippen molar-refractivity contribution < 1.29 is 21.6 Å². The molecule has 0 fully saturated rings. The SMILES string of the molecule is CCS(=O)(=O)c1cc(C(F)(F)F)ccc1N(C)C(=N)C=CN. The van der Waals surface area contributed by atoms with E-state index in [1.165, 1.54) is 20.0 Å². The Hall–Kier alpha value is -2.03. The zero-order valence-electron chi connectivity index (χ0n) is 12.0. The minimum atomic E-state index is -4.65. The van der Waals surface area contributed by atoms with Crippen LogP contribution in [0.5, 0.6) is 0 Å². The molecule has 1 aromatic carbocycles. The Balaban J connectivity index is 3.56. The average molecular weight is 335 g/mol. The molecule has 0 bridgehead atoms. The van der Waals surface area contributed by atoms with Gasteiger partial charge in [-0.2, -0.15) is 13.2 Å². The first-order chi connectivity index (χ1) is 10.0. The summed E-state index contributed by atoms with van der Waals surface area (Å²) in [7, 11) is -2.52. The lowest BCUT2D eigenvalue weighted by molar-refractivity contribution is -0.137. The van der Waals surface area contributed by atoms with E-state index in [9.17, 15) is 21.6 Å². The molecule has 0 atom stereocenters. The summed E-state index contributed by atoms with van der Waals surface area (Å²) >= 11 is 0. The smallest absolute Gasteiger partial charge is 0.404 e. The number of hydrogen-bond acceptors (Lipinski definition) is 4. The topological polar surface area (TPSA) is 87.2 Å². The van der Waals surface area contributed by atoms with Crippen LogP contribution in [0.25, 0.3) is 0 Å². The van der Waals surface area contributed by atoms with E-state index in [0.29, 0.717) is 6.07 Å². The molecule has 1 rings (SSSR count). The monoisotopic (exact) mass is 335 g/mol. The van der Waals surface area contributed by atoms with Gasteiger partial charge in [-0.05, 0) is 30.5 Å². The van der Waals surface area contributed by atoms with Gasteiger partial charge in [-0.1, -0.05) is 6.92 Å². The van der Waals surface area contributed by atoms with Crippen molar-refractivity contribution in [1.82, 2.24) is 0 Å². The summed E-state index contributed by atoms with van der Waals surface area (Å²) in [5.74, 6) is -0.510. The highest BCUT2D eigenvalue weighted by Crippen LogP contribution is 2.35. The molecule has 0 aliphatic heterocycles. The van der Waals surface area contributed by atoms with E-state index in [4.69, 9.17) is 11.1 Å². The number of amidine groups is 1. The van der Waals surface area contributed by atoms with Gasteiger partial charge in [-0.3, -0.25) is 5.41 Å². The normalized spacial score (nSPS) is 12.6. The van der Waals surface area contributed by atoms with Crippen LogP contribution in [0, 0.1) is 5.41 Å². The standard InChI is InChI=1S/C13H16F3N3O2S/c1-3-22(20,21)11-8-9(13(14,15)16)4-5-10(11)19(2)12(18)6-7-17/h4-8,18H,3,17H2,1-2H3. The lowest BCUT2D eigenvalue weighted by atomic mass is 10.2. The van der Waals surface area contributed by atoms with Crippen molar-refractivity contribution in [3.8, 4) is 0 Å². The fourth-order valence-electron chi connectivity index (χ4n) is 1.70. The van der Waals surface area contributed by atoms with Crippen LogP contribution in [0.15, 0.2) is 35.4 Å². The number of nitrogens with one attached hydrogen (secondary N) is 1. The Morgan fingerprint density at radius 1 is 1.41 bits per heavy atom. The quantitative estimate of drug-likeness (QED) is 0.653. The first kappa shape index (κ1) is 18.0. The molecular weight excluding hydrogens is 319 g/mol. The van der Waals surface area contributed by atoms with E-state index >= 15 is 0 Å². The number of benzene rings is 1. The minimum absolute atomic E-state index is 0.0158. The zero-order valence-corrected chi connectivity index (χ0v) is 12.8. The molecule has 9 heteroatoms. The summed E-state index contributed by atoms with van der Waals surface area (Å²) in [5.41, 5.74) is 4.09. The number of sulfone groups is 1. The number of anilines is 1. The highest BCUT2D eigenvalue weighted by atomic mass is 32.2. The maximum Gasteiger partial charge on any atom is 0.416 e. The van der Waals surface area contributed by atoms with E-state index in [0.717, 1.165) is 23.2 Å². The van der Waals surface area contributed by atoms with E-state index in [-0.39, 0.29) is 17.3 Å². The summed E-state index contributed by atoms with van der Waals surface area (Å²) in [6.45, 7) is 1.34. The van der Waals surface area contributed by atoms with Crippen LogP contribution >= 0.6 is 0 Å². The van der Waals surface area contributed by atoms with Crippen molar-refractivity contribution in [2.75, 3.05) is 17.7 Å². The third-order valence-electron chi connectivity index (χ3n) is 2.98. The van der Waals surface area contributed by atoms with Crippen LogP contribution in [-0.2, 0) is 16.0 Å². The Kier molecular flexibility index (Phi) is 5.23. The number of rotatable bonds is 4. The Morgan fingerprint density at radius 2 is 2.00 bits per heavy atom. The Morgan fingerprint density at radius 3 is 2.45 bits per heavy atom. The van der Waals surface area contributed by atoms with Gasteiger partial charge >= 0.3 is 6.18 Å². The molecule has 122 valence electrons. The molecule has 3 N–H and O–H groups in total. The molecule has 0 saturated carbocycles. The number of alkyl halides is 3. The molecular formula is C13H16F3N3O2S. The first-order valence-electron chi connectivity index (χ1n) is 6.19. The lowest BCUT2D eigenvalue weighted by Crippen LogP contribution is -2.26. The second-order valence-electron chi connectivity index (χ2n) is 4.39. The van der Waals surface area contributed by atoms with E-state index in [1.807, 2.05) is 0 Å². The average Bonchev–Trinajstić information content (AvgIpc) is 2.45. The third-order valence-corrected chi connectivity index (χ3v) is 4.74. The molecule has 0 amide bonds. The van der Waals surface area contributed by atoms with E-state index in [2.05, 4.69) is 0 Å².